The molecule has 0 atom stereocenters. The van der Waals surface area contributed by atoms with Crippen molar-refractivity contribution in [2.75, 3.05) is 12.4 Å². The molecule has 140 valence electrons. The number of rotatable bonds is 5. The minimum atomic E-state index is -4.71. The van der Waals surface area contributed by atoms with Gasteiger partial charge in [-0.3, -0.25) is 4.79 Å². The van der Waals surface area contributed by atoms with E-state index in [-0.39, 0.29) is 11.7 Å². The van der Waals surface area contributed by atoms with Crippen LogP contribution in [0.2, 0.25) is 0 Å². The summed E-state index contributed by atoms with van der Waals surface area (Å²) >= 11 is 0. The molecule has 0 unspecified atom stereocenters. The quantitative estimate of drug-likeness (QED) is 0.723. The highest BCUT2D eigenvalue weighted by molar-refractivity contribution is 6.04. The summed E-state index contributed by atoms with van der Waals surface area (Å²) in [6.45, 7) is 0.342. The molecule has 0 radical (unpaired) electrons. The third-order valence-corrected chi connectivity index (χ3v) is 3.64. The summed E-state index contributed by atoms with van der Waals surface area (Å²) in [7, 11) is 1.56. The van der Waals surface area contributed by atoms with Crippen molar-refractivity contribution in [3.63, 3.8) is 0 Å². The highest BCUT2D eigenvalue weighted by atomic mass is 19.4. The number of carbonyl (C=O) groups excluding carboxylic acids is 1. The van der Waals surface area contributed by atoms with Gasteiger partial charge in [0.05, 0.1) is 6.61 Å². The molecule has 1 heterocycles. The normalized spacial score (nSPS) is 11.4. The fourth-order valence-electron chi connectivity index (χ4n) is 2.34. The Morgan fingerprint density at radius 3 is 2.48 bits per heavy atom. The van der Waals surface area contributed by atoms with Crippen LogP contribution in [0.5, 0.6) is 0 Å². The van der Waals surface area contributed by atoms with Crippen molar-refractivity contribution in [3.8, 4) is 11.4 Å². The molecule has 0 spiro atoms. The number of methoxy groups -OCH3 is 1. The number of para-hydroxylation sites is 1. The van der Waals surface area contributed by atoms with Gasteiger partial charge < -0.3 is 14.6 Å². The maximum Gasteiger partial charge on any atom is 0.471 e. The van der Waals surface area contributed by atoms with Gasteiger partial charge in [-0.25, -0.2) is 0 Å². The Labute approximate surface area is 152 Å². The highest BCUT2D eigenvalue weighted by Crippen LogP contribution is 2.29. The number of halogens is 3. The number of nitrogens with one attached hydrogen (secondary N) is 1. The number of ether oxygens (including phenoxy) is 1. The number of benzene rings is 2. The Morgan fingerprint density at radius 2 is 1.85 bits per heavy atom. The fourth-order valence-corrected chi connectivity index (χ4v) is 2.34. The molecule has 0 aliphatic carbocycles. The van der Waals surface area contributed by atoms with Crippen LogP contribution in [-0.4, -0.2) is 23.2 Å². The van der Waals surface area contributed by atoms with Crippen LogP contribution >= 0.6 is 0 Å². The third kappa shape index (κ3) is 4.32. The molecule has 0 bridgehead atoms. The first kappa shape index (κ1) is 18.6. The fraction of sp³-hybridized carbons (Fsp3) is 0.167. The molecule has 1 amide bonds. The summed E-state index contributed by atoms with van der Waals surface area (Å²) < 4.78 is 46.9. The summed E-state index contributed by atoms with van der Waals surface area (Å²) in [4.78, 5) is 15.7. The number of hydrogen-bond acceptors (Lipinski definition) is 5. The van der Waals surface area contributed by atoms with Crippen LogP contribution in [0.25, 0.3) is 11.4 Å². The van der Waals surface area contributed by atoms with Crippen molar-refractivity contribution in [2.24, 2.45) is 0 Å². The van der Waals surface area contributed by atoms with Crippen LogP contribution in [-0.2, 0) is 17.5 Å². The van der Waals surface area contributed by atoms with Gasteiger partial charge in [0.25, 0.3) is 5.91 Å². The minimum absolute atomic E-state index is 0.209. The summed E-state index contributed by atoms with van der Waals surface area (Å²) in [5.41, 5.74) is 2.05. The third-order valence-electron chi connectivity index (χ3n) is 3.64. The predicted octanol–water partition coefficient (Wildman–Crippen LogP) is 4.15. The molecule has 27 heavy (non-hydrogen) atoms. The second-order valence-electron chi connectivity index (χ2n) is 5.54. The molecule has 2 aromatic carbocycles. The maximum atomic E-state index is 12.5. The Kier molecular flexibility index (Phi) is 5.22. The maximum absolute atomic E-state index is 12.5. The summed E-state index contributed by atoms with van der Waals surface area (Å²) in [6, 6.07) is 13.0. The van der Waals surface area contributed by atoms with Crippen LogP contribution in [0.1, 0.15) is 21.8 Å². The smallest absolute Gasteiger partial charge is 0.380 e. The van der Waals surface area contributed by atoms with Crippen LogP contribution in [0.15, 0.2) is 53.1 Å². The summed E-state index contributed by atoms with van der Waals surface area (Å²) in [5.74, 6) is -2.00. The van der Waals surface area contributed by atoms with Gasteiger partial charge >= 0.3 is 12.1 Å². The number of anilines is 1. The molecule has 0 fully saturated rings. The van der Waals surface area contributed by atoms with Gasteiger partial charge in [0.1, 0.15) is 0 Å². The summed E-state index contributed by atoms with van der Waals surface area (Å²) in [5, 5.41) is 6.08. The van der Waals surface area contributed by atoms with E-state index in [9.17, 15) is 18.0 Å². The van der Waals surface area contributed by atoms with E-state index in [0.717, 1.165) is 5.56 Å². The molecule has 0 aliphatic rings. The van der Waals surface area contributed by atoms with Gasteiger partial charge in [0, 0.05) is 29.5 Å². The molecule has 0 saturated heterocycles. The topological polar surface area (TPSA) is 77.2 Å². The van der Waals surface area contributed by atoms with Crippen molar-refractivity contribution in [2.45, 2.75) is 12.8 Å². The first-order valence-electron chi connectivity index (χ1n) is 7.78. The number of amides is 1. The molecule has 3 aromatic rings. The highest BCUT2D eigenvalue weighted by Gasteiger charge is 2.38. The van der Waals surface area contributed by atoms with Crippen LogP contribution in [0.3, 0.4) is 0 Å². The Balaban J connectivity index is 1.75. The molecule has 0 aliphatic heterocycles. The molecular weight excluding hydrogens is 363 g/mol. The molecule has 6 nitrogen and oxygen atoms in total. The van der Waals surface area contributed by atoms with E-state index in [1.807, 2.05) is 12.1 Å². The van der Waals surface area contributed by atoms with Crippen molar-refractivity contribution >= 4 is 11.6 Å². The van der Waals surface area contributed by atoms with Gasteiger partial charge in [0.15, 0.2) is 0 Å². The number of aromatic nitrogens is 2. The average molecular weight is 377 g/mol. The van der Waals surface area contributed by atoms with E-state index in [1.165, 1.54) is 24.3 Å². The number of carbonyl (C=O) groups is 1. The monoisotopic (exact) mass is 377 g/mol. The van der Waals surface area contributed by atoms with Crippen molar-refractivity contribution < 1.29 is 27.2 Å². The van der Waals surface area contributed by atoms with Gasteiger partial charge in [-0.1, -0.05) is 35.5 Å². The zero-order valence-corrected chi connectivity index (χ0v) is 14.1. The minimum Gasteiger partial charge on any atom is -0.380 e. The van der Waals surface area contributed by atoms with E-state index in [2.05, 4.69) is 20.0 Å². The lowest BCUT2D eigenvalue weighted by molar-refractivity contribution is -0.159. The lowest BCUT2D eigenvalue weighted by Gasteiger charge is -2.10. The molecular formula is C18H14F3N3O3. The molecule has 0 saturated carbocycles. The van der Waals surface area contributed by atoms with E-state index in [0.29, 0.717) is 23.4 Å². The molecule has 3 rings (SSSR count). The van der Waals surface area contributed by atoms with Crippen molar-refractivity contribution in [1.29, 1.82) is 0 Å². The Hall–Kier alpha value is -3.20. The number of nitrogens with zero attached hydrogens (tertiary/aromatic N) is 2. The average Bonchev–Trinajstić information content (AvgIpc) is 3.14. The zero-order chi connectivity index (χ0) is 19.4. The Bertz CT molecular complexity index is 937. The second kappa shape index (κ2) is 7.58. The lowest BCUT2D eigenvalue weighted by Crippen LogP contribution is -2.13. The van der Waals surface area contributed by atoms with E-state index in [4.69, 9.17) is 4.74 Å². The standard InChI is InChI=1S/C18H14F3N3O3/c1-26-10-13-4-2-3-5-14(13)22-16(25)12-8-6-11(7-9-12)15-23-17(27-24-15)18(19,20)21/h2-9H,10H2,1H3,(H,22,25). The zero-order valence-electron chi connectivity index (χ0n) is 14.1. The van der Waals surface area contributed by atoms with Crippen LogP contribution < -0.4 is 5.32 Å². The van der Waals surface area contributed by atoms with Gasteiger partial charge in [0.2, 0.25) is 5.82 Å². The molecule has 9 heteroatoms. The van der Waals surface area contributed by atoms with Crippen molar-refractivity contribution in [1.82, 2.24) is 10.1 Å². The van der Waals surface area contributed by atoms with Crippen LogP contribution in [0, 0.1) is 0 Å². The first-order valence-corrected chi connectivity index (χ1v) is 7.78. The Morgan fingerprint density at radius 1 is 1.15 bits per heavy atom. The predicted molar refractivity (Wildman–Crippen MR) is 89.8 cm³/mol. The molecule has 1 aromatic heterocycles. The first-order chi connectivity index (χ1) is 12.9. The van der Waals surface area contributed by atoms with E-state index in [1.54, 1.807) is 19.2 Å². The summed E-state index contributed by atoms with van der Waals surface area (Å²) in [6.07, 6.45) is -4.71. The largest absolute Gasteiger partial charge is 0.471 e. The van der Waals surface area contributed by atoms with E-state index >= 15 is 0 Å². The van der Waals surface area contributed by atoms with Gasteiger partial charge in [-0.2, -0.15) is 18.2 Å². The van der Waals surface area contributed by atoms with Crippen LogP contribution in [0.4, 0.5) is 18.9 Å². The van der Waals surface area contributed by atoms with Crippen molar-refractivity contribution in [3.05, 3.63) is 65.5 Å². The van der Waals surface area contributed by atoms with E-state index < -0.39 is 12.1 Å². The second-order valence-corrected chi connectivity index (χ2v) is 5.54. The molecule has 1 N–H and O–H groups in total. The number of alkyl halides is 3. The van der Waals surface area contributed by atoms with Gasteiger partial charge in [-0.05, 0) is 18.2 Å². The SMILES string of the molecule is COCc1ccccc1NC(=O)c1ccc(-c2noc(C(F)(F)F)n2)cc1. The number of hydrogen-bond donors (Lipinski definition) is 1. The van der Waals surface area contributed by atoms with Gasteiger partial charge in [-0.15, -0.1) is 0 Å². The lowest BCUT2D eigenvalue weighted by atomic mass is 10.1.